The van der Waals surface area contributed by atoms with Gasteiger partial charge < -0.3 is 10.2 Å². The van der Waals surface area contributed by atoms with Crippen LogP contribution in [0.25, 0.3) is 22.3 Å². The second-order valence-electron chi connectivity index (χ2n) is 12.8. The summed E-state index contributed by atoms with van der Waals surface area (Å²) < 4.78 is 0. The molecule has 0 aliphatic rings. The number of hydrogen-bond acceptors (Lipinski definition) is 2. The molecule has 7 aromatic rings. The van der Waals surface area contributed by atoms with Crippen molar-refractivity contribution < 1.29 is 0 Å². The van der Waals surface area contributed by atoms with E-state index in [0.29, 0.717) is 0 Å². The summed E-state index contributed by atoms with van der Waals surface area (Å²) >= 11 is 0. The molecule has 0 aliphatic carbocycles. The molecule has 252 valence electrons. The van der Waals surface area contributed by atoms with Crippen molar-refractivity contribution in [2.75, 3.05) is 10.2 Å². The first-order valence-corrected chi connectivity index (χ1v) is 17.5. The maximum atomic E-state index is 4.50. The summed E-state index contributed by atoms with van der Waals surface area (Å²) in [5.74, 6) is 0. The van der Waals surface area contributed by atoms with Crippen LogP contribution >= 0.6 is 0 Å². The molecule has 3 heteroatoms. The maximum absolute atomic E-state index is 4.50. The number of nitrogens with one attached hydrogen (secondary N) is 1. The molecule has 0 atom stereocenters. The average molecular weight is 663 g/mol. The summed E-state index contributed by atoms with van der Waals surface area (Å²) in [7, 11) is 4.50. The number of nitrogens with zero attached hydrogens (tertiary/aromatic N) is 1. The Morgan fingerprint density at radius 3 is 1.41 bits per heavy atom. The number of benzene rings is 7. The van der Waals surface area contributed by atoms with Gasteiger partial charge in [0.2, 0.25) is 0 Å². The quantitative estimate of drug-likeness (QED) is 0.171. The summed E-state index contributed by atoms with van der Waals surface area (Å²) in [6.45, 7) is 12.3. The molecule has 0 spiro atoms. The lowest BCUT2D eigenvalue weighted by Crippen LogP contribution is -2.09. The third kappa shape index (κ3) is 9.68. The zero-order valence-corrected chi connectivity index (χ0v) is 30.7. The van der Waals surface area contributed by atoms with E-state index in [2.05, 4.69) is 204 Å². The molecule has 0 unspecified atom stereocenters. The maximum Gasteiger partial charge on any atom is 0.0606 e. The van der Waals surface area contributed by atoms with Crippen molar-refractivity contribution in [3.8, 4) is 22.3 Å². The summed E-state index contributed by atoms with van der Waals surface area (Å²) in [4.78, 5) is 2.31. The monoisotopic (exact) mass is 662 g/mol. The van der Waals surface area contributed by atoms with Gasteiger partial charge in [-0.3, -0.25) is 0 Å². The van der Waals surface area contributed by atoms with Gasteiger partial charge in [-0.05, 0) is 134 Å². The van der Waals surface area contributed by atoms with Crippen LogP contribution in [0, 0.1) is 34.6 Å². The van der Waals surface area contributed by atoms with Crippen molar-refractivity contribution in [2.24, 2.45) is 0 Å². The molecule has 1 N–H and O–H groups in total. The molecular weight excluding hydrogens is 615 g/mol. The number of hydrogen-bond donors (Lipinski definition) is 1. The van der Waals surface area contributed by atoms with Crippen LogP contribution in [0.2, 0.25) is 6.82 Å². The van der Waals surface area contributed by atoms with Crippen LogP contribution in [-0.4, -0.2) is 7.85 Å². The Kier molecular flexibility index (Phi) is 12.7. The Hall–Kier alpha value is -5.80. The lowest BCUT2D eigenvalue weighted by molar-refractivity contribution is 1.27. The molecular formula is C48H47BN2. The fourth-order valence-corrected chi connectivity index (χ4v) is 6.38. The molecule has 0 aliphatic heterocycles. The highest BCUT2D eigenvalue weighted by Gasteiger charge is 2.13. The SMILES string of the molecule is Cc1ccc(-c2ccc(Nc3ccccc3)cc2)cc1.Cc1cccc(N(c2ccccc2)c2ccc(-c3c(C)cc(C)cc3C)cc2)c1.[B]C. The fourth-order valence-electron chi connectivity index (χ4n) is 6.38. The second-order valence-corrected chi connectivity index (χ2v) is 12.8. The van der Waals surface area contributed by atoms with Crippen LogP contribution in [0.15, 0.2) is 170 Å². The highest BCUT2D eigenvalue weighted by molar-refractivity contribution is 6.05. The Balaban J connectivity index is 0.000000200. The minimum atomic E-state index is 1.10. The van der Waals surface area contributed by atoms with Crippen LogP contribution in [0.1, 0.15) is 27.8 Å². The molecule has 0 saturated heterocycles. The first kappa shape index (κ1) is 36.5. The van der Waals surface area contributed by atoms with Gasteiger partial charge in [0.25, 0.3) is 0 Å². The number of para-hydroxylation sites is 2. The lowest BCUT2D eigenvalue weighted by atomic mass is 9.93. The van der Waals surface area contributed by atoms with E-state index in [1.54, 1.807) is 0 Å². The van der Waals surface area contributed by atoms with Crippen LogP contribution in [0.4, 0.5) is 28.4 Å². The van der Waals surface area contributed by atoms with Crippen molar-refractivity contribution >= 4 is 36.3 Å². The molecule has 0 heterocycles. The van der Waals surface area contributed by atoms with Gasteiger partial charge in [0.15, 0.2) is 0 Å². The van der Waals surface area contributed by atoms with E-state index in [9.17, 15) is 0 Å². The number of anilines is 5. The third-order valence-corrected chi connectivity index (χ3v) is 8.70. The normalized spacial score (nSPS) is 10.2. The van der Waals surface area contributed by atoms with Gasteiger partial charge in [0, 0.05) is 28.4 Å². The molecule has 0 saturated carbocycles. The highest BCUT2D eigenvalue weighted by Crippen LogP contribution is 2.37. The molecule has 0 fully saturated rings. The smallest absolute Gasteiger partial charge is 0.0606 e. The fraction of sp³-hybridized carbons (Fsp3) is 0.125. The predicted molar refractivity (Wildman–Crippen MR) is 223 cm³/mol. The van der Waals surface area contributed by atoms with Crippen molar-refractivity contribution in [1.29, 1.82) is 0 Å². The Bertz CT molecular complexity index is 2080. The van der Waals surface area contributed by atoms with Crippen molar-refractivity contribution in [2.45, 2.75) is 41.4 Å². The molecule has 0 amide bonds. The Morgan fingerprint density at radius 1 is 0.373 bits per heavy atom. The average Bonchev–Trinajstić information content (AvgIpc) is 3.15. The van der Waals surface area contributed by atoms with Crippen molar-refractivity contribution in [3.05, 3.63) is 198 Å². The van der Waals surface area contributed by atoms with E-state index in [0.717, 1.165) is 22.7 Å². The molecule has 0 bridgehead atoms. The topological polar surface area (TPSA) is 15.3 Å². The van der Waals surface area contributed by atoms with Gasteiger partial charge in [0.1, 0.15) is 0 Å². The van der Waals surface area contributed by atoms with Crippen molar-refractivity contribution in [1.82, 2.24) is 0 Å². The van der Waals surface area contributed by atoms with Gasteiger partial charge in [-0.2, -0.15) is 0 Å². The summed E-state index contributed by atoms with van der Waals surface area (Å²) in [6.07, 6.45) is 0. The van der Waals surface area contributed by atoms with Crippen molar-refractivity contribution in [3.63, 3.8) is 0 Å². The van der Waals surface area contributed by atoms with Gasteiger partial charge in [0.05, 0.1) is 7.85 Å². The zero-order valence-electron chi connectivity index (χ0n) is 30.7. The molecule has 51 heavy (non-hydrogen) atoms. The van der Waals surface area contributed by atoms with Gasteiger partial charge in [-0.1, -0.05) is 127 Å². The summed E-state index contributed by atoms with van der Waals surface area (Å²) in [5, 5.41) is 3.39. The van der Waals surface area contributed by atoms with E-state index in [1.165, 1.54) is 62.6 Å². The molecule has 7 rings (SSSR count). The Labute approximate surface area is 306 Å². The molecule has 2 nitrogen and oxygen atoms in total. The first-order chi connectivity index (χ1) is 24.8. The second kappa shape index (κ2) is 17.7. The van der Waals surface area contributed by atoms with Gasteiger partial charge >= 0.3 is 0 Å². The summed E-state index contributed by atoms with van der Waals surface area (Å²) in [6, 6.07) is 60.0. The molecule has 0 aromatic heterocycles. The molecule has 2 radical (unpaired) electrons. The number of rotatable bonds is 7. The number of aryl methyl sites for hydroxylation is 5. The molecule has 7 aromatic carbocycles. The van der Waals surface area contributed by atoms with Crippen LogP contribution in [0.5, 0.6) is 0 Å². The standard InChI is InChI=1S/C28H27N.C19H17N.CH3B/c1-20-9-8-12-27(19-20)29(25-10-6-5-7-11-25)26-15-13-24(14-16-26)28-22(3)17-21(2)18-23(28)4;1-15-7-9-16(10-8-15)17-11-13-19(14-12-17)20-18-5-3-2-4-6-18;1-2/h5-19H,1-4H3;2-14,20H,1H3;1H3. The van der Waals surface area contributed by atoms with E-state index in [1.807, 2.05) is 18.2 Å². The lowest BCUT2D eigenvalue weighted by Gasteiger charge is -2.26. The zero-order chi connectivity index (χ0) is 36.2. The Morgan fingerprint density at radius 2 is 0.843 bits per heavy atom. The highest BCUT2D eigenvalue weighted by atomic mass is 15.1. The summed E-state index contributed by atoms with van der Waals surface area (Å²) in [5.41, 5.74) is 17.3. The van der Waals surface area contributed by atoms with E-state index >= 15 is 0 Å². The first-order valence-electron chi connectivity index (χ1n) is 17.5. The minimum Gasteiger partial charge on any atom is -0.356 e. The van der Waals surface area contributed by atoms with Gasteiger partial charge in [-0.15, -0.1) is 0 Å². The van der Waals surface area contributed by atoms with Crippen LogP contribution in [0.3, 0.4) is 0 Å². The van der Waals surface area contributed by atoms with Crippen LogP contribution < -0.4 is 10.2 Å². The minimum absolute atomic E-state index is 1.10. The van der Waals surface area contributed by atoms with E-state index in [4.69, 9.17) is 0 Å². The predicted octanol–water partition coefficient (Wildman–Crippen LogP) is 13.7. The van der Waals surface area contributed by atoms with Crippen LogP contribution in [-0.2, 0) is 0 Å². The van der Waals surface area contributed by atoms with E-state index in [-0.39, 0.29) is 0 Å². The van der Waals surface area contributed by atoms with E-state index < -0.39 is 0 Å². The van der Waals surface area contributed by atoms with Gasteiger partial charge in [-0.25, -0.2) is 0 Å². The third-order valence-electron chi connectivity index (χ3n) is 8.70. The largest absolute Gasteiger partial charge is 0.356 e.